The zero-order chi connectivity index (χ0) is 14.5. The minimum atomic E-state index is -1.01. The van der Waals surface area contributed by atoms with Gasteiger partial charge < -0.3 is 10.5 Å². The molecule has 0 fully saturated rings. The highest BCUT2D eigenvalue weighted by molar-refractivity contribution is 7.83. The number of anilines is 1. The highest BCUT2D eigenvalue weighted by Crippen LogP contribution is 2.23. The molecule has 0 saturated heterocycles. The van der Waals surface area contributed by atoms with Gasteiger partial charge in [-0.2, -0.15) is 0 Å². The lowest BCUT2D eigenvalue weighted by atomic mass is 10.2. The van der Waals surface area contributed by atoms with Crippen molar-refractivity contribution in [1.82, 2.24) is 0 Å². The van der Waals surface area contributed by atoms with Crippen molar-refractivity contribution in [3.8, 4) is 5.75 Å². The molecule has 2 rings (SSSR count). The van der Waals surface area contributed by atoms with Crippen molar-refractivity contribution in [3.63, 3.8) is 0 Å². The fraction of sp³-hybridized carbons (Fsp3) is 0.200. The lowest BCUT2D eigenvalue weighted by Gasteiger charge is -2.09. The van der Waals surface area contributed by atoms with E-state index in [4.69, 9.17) is 22.1 Å². The topological polar surface area (TPSA) is 52.3 Å². The van der Waals surface area contributed by atoms with E-state index in [9.17, 15) is 4.21 Å². The van der Waals surface area contributed by atoms with Crippen LogP contribution in [0.15, 0.2) is 42.5 Å². The summed E-state index contributed by atoms with van der Waals surface area (Å²) in [5.41, 5.74) is 8.24. The van der Waals surface area contributed by atoms with Crippen LogP contribution in [0.1, 0.15) is 11.1 Å². The van der Waals surface area contributed by atoms with Gasteiger partial charge in [0.15, 0.2) is 0 Å². The largest absolute Gasteiger partial charge is 0.496 e. The molecule has 0 aliphatic heterocycles. The first kappa shape index (κ1) is 14.9. The summed E-state index contributed by atoms with van der Waals surface area (Å²) < 4.78 is 17.5. The van der Waals surface area contributed by atoms with E-state index >= 15 is 0 Å². The Morgan fingerprint density at radius 3 is 2.50 bits per heavy atom. The summed E-state index contributed by atoms with van der Waals surface area (Å²) in [6, 6.07) is 12.8. The van der Waals surface area contributed by atoms with E-state index in [0.717, 1.165) is 11.1 Å². The maximum Gasteiger partial charge on any atom is 0.125 e. The first-order valence-electron chi connectivity index (χ1n) is 6.10. The van der Waals surface area contributed by atoms with Crippen molar-refractivity contribution in [2.24, 2.45) is 0 Å². The maximum atomic E-state index is 12.2. The van der Waals surface area contributed by atoms with Crippen molar-refractivity contribution in [1.29, 1.82) is 0 Å². The molecular weight excluding hydrogens is 294 g/mol. The molecule has 0 aromatic heterocycles. The maximum absolute atomic E-state index is 12.2. The standard InChI is InChI=1S/C15H16ClNO2S/c1-19-15-8-14(17)7-4-12(15)10-20(18)9-11-2-5-13(16)6-3-11/h2-8H,9-10,17H2,1H3. The van der Waals surface area contributed by atoms with Crippen LogP contribution in [0.5, 0.6) is 5.75 Å². The summed E-state index contributed by atoms with van der Waals surface area (Å²) in [6.45, 7) is 0. The van der Waals surface area contributed by atoms with Gasteiger partial charge in [0.2, 0.25) is 0 Å². The average molecular weight is 310 g/mol. The lowest BCUT2D eigenvalue weighted by Crippen LogP contribution is -2.02. The Labute approximate surface area is 126 Å². The van der Waals surface area contributed by atoms with Gasteiger partial charge in [0.05, 0.1) is 12.9 Å². The van der Waals surface area contributed by atoms with Crippen molar-refractivity contribution < 1.29 is 8.95 Å². The number of benzene rings is 2. The van der Waals surface area contributed by atoms with Crippen LogP contribution >= 0.6 is 11.6 Å². The van der Waals surface area contributed by atoms with Crippen molar-refractivity contribution in [3.05, 3.63) is 58.6 Å². The van der Waals surface area contributed by atoms with Gasteiger partial charge in [-0.3, -0.25) is 4.21 Å². The Bertz CT molecular complexity index is 614. The lowest BCUT2D eigenvalue weighted by molar-refractivity contribution is 0.411. The number of nitrogens with two attached hydrogens (primary N) is 1. The second kappa shape index (κ2) is 6.77. The molecule has 20 heavy (non-hydrogen) atoms. The van der Waals surface area contributed by atoms with Crippen molar-refractivity contribution in [2.75, 3.05) is 12.8 Å². The highest BCUT2D eigenvalue weighted by atomic mass is 35.5. The van der Waals surface area contributed by atoms with E-state index in [1.165, 1.54) is 0 Å². The van der Waals surface area contributed by atoms with E-state index in [1.807, 2.05) is 18.2 Å². The normalized spacial score (nSPS) is 12.1. The Balaban J connectivity index is 2.06. The van der Waals surface area contributed by atoms with Crippen LogP contribution in [-0.2, 0) is 22.3 Å². The second-order valence-corrected chi connectivity index (χ2v) is 6.32. The minimum absolute atomic E-state index is 0.437. The predicted octanol–water partition coefficient (Wildman–Crippen LogP) is 3.38. The Morgan fingerprint density at radius 1 is 1.15 bits per heavy atom. The van der Waals surface area contributed by atoms with Gasteiger partial charge in [-0.25, -0.2) is 0 Å². The second-order valence-electron chi connectivity index (χ2n) is 4.43. The highest BCUT2D eigenvalue weighted by Gasteiger charge is 2.09. The fourth-order valence-electron chi connectivity index (χ4n) is 1.87. The summed E-state index contributed by atoms with van der Waals surface area (Å²) in [5, 5.41) is 0.680. The van der Waals surface area contributed by atoms with E-state index in [2.05, 4.69) is 0 Å². The molecule has 0 aliphatic rings. The monoisotopic (exact) mass is 309 g/mol. The summed E-state index contributed by atoms with van der Waals surface area (Å²) in [4.78, 5) is 0. The van der Waals surface area contributed by atoms with Crippen LogP contribution in [0, 0.1) is 0 Å². The molecule has 0 amide bonds. The summed E-state index contributed by atoms with van der Waals surface area (Å²) in [7, 11) is 0.573. The molecule has 2 aromatic rings. The van der Waals surface area contributed by atoms with Gasteiger partial charge >= 0.3 is 0 Å². The van der Waals surface area contributed by atoms with Crippen molar-refractivity contribution >= 4 is 28.1 Å². The van der Waals surface area contributed by atoms with E-state index in [0.29, 0.717) is 28.0 Å². The van der Waals surface area contributed by atoms with Crippen LogP contribution in [0.3, 0.4) is 0 Å². The smallest absolute Gasteiger partial charge is 0.125 e. The molecule has 0 saturated carbocycles. The number of ether oxygens (including phenoxy) is 1. The van der Waals surface area contributed by atoms with E-state index in [1.54, 1.807) is 31.4 Å². The zero-order valence-corrected chi connectivity index (χ0v) is 12.7. The zero-order valence-electron chi connectivity index (χ0n) is 11.1. The van der Waals surface area contributed by atoms with Gasteiger partial charge in [-0.1, -0.05) is 29.8 Å². The van der Waals surface area contributed by atoms with Crippen LogP contribution in [-0.4, -0.2) is 11.3 Å². The molecule has 106 valence electrons. The molecular formula is C15H16ClNO2S. The third-order valence-corrected chi connectivity index (χ3v) is 4.41. The number of nitrogen functional groups attached to an aromatic ring is 1. The van der Waals surface area contributed by atoms with Crippen LogP contribution in [0.4, 0.5) is 5.69 Å². The Kier molecular flexibility index (Phi) is 5.04. The Hall–Kier alpha value is -1.52. The molecule has 0 heterocycles. The van der Waals surface area contributed by atoms with Gasteiger partial charge in [0.25, 0.3) is 0 Å². The molecule has 2 aromatic carbocycles. The van der Waals surface area contributed by atoms with E-state index in [-0.39, 0.29) is 0 Å². The third kappa shape index (κ3) is 3.99. The molecule has 5 heteroatoms. The average Bonchev–Trinajstić information content (AvgIpc) is 2.43. The van der Waals surface area contributed by atoms with E-state index < -0.39 is 10.8 Å². The molecule has 1 atom stereocenters. The molecule has 0 aliphatic carbocycles. The summed E-state index contributed by atoms with van der Waals surface area (Å²) in [5.74, 6) is 1.60. The van der Waals surface area contributed by atoms with Gasteiger partial charge in [0.1, 0.15) is 5.75 Å². The number of rotatable bonds is 5. The summed E-state index contributed by atoms with van der Waals surface area (Å²) in [6.07, 6.45) is 0. The Morgan fingerprint density at radius 2 is 1.85 bits per heavy atom. The first-order chi connectivity index (χ1) is 9.58. The van der Waals surface area contributed by atoms with Gasteiger partial charge in [-0.05, 0) is 23.8 Å². The summed E-state index contributed by atoms with van der Waals surface area (Å²) >= 11 is 5.83. The number of halogens is 1. The third-order valence-electron chi connectivity index (χ3n) is 2.87. The van der Waals surface area contributed by atoms with Crippen LogP contribution in [0.2, 0.25) is 5.02 Å². The van der Waals surface area contributed by atoms with Crippen molar-refractivity contribution in [2.45, 2.75) is 11.5 Å². The number of hydrogen-bond donors (Lipinski definition) is 1. The molecule has 3 nitrogen and oxygen atoms in total. The molecule has 1 unspecified atom stereocenters. The molecule has 0 bridgehead atoms. The molecule has 0 radical (unpaired) electrons. The quantitative estimate of drug-likeness (QED) is 0.861. The molecule has 0 spiro atoms. The van der Waals surface area contributed by atoms with Gasteiger partial charge in [-0.15, -0.1) is 0 Å². The first-order valence-corrected chi connectivity index (χ1v) is 7.97. The predicted molar refractivity (Wildman–Crippen MR) is 84.4 cm³/mol. The van der Waals surface area contributed by atoms with Crippen LogP contribution < -0.4 is 10.5 Å². The van der Waals surface area contributed by atoms with Gasteiger partial charge in [0, 0.05) is 38.9 Å². The number of methoxy groups -OCH3 is 1. The van der Waals surface area contributed by atoms with Crippen LogP contribution in [0.25, 0.3) is 0 Å². The molecule has 2 N–H and O–H groups in total. The minimum Gasteiger partial charge on any atom is -0.496 e. The SMILES string of the molecule is COc1cc(N)ccc1CS(=O)Cc1ccc(Cl)cc1. The number of hydrogen-bond acceptors (Lipinski definition) is 3. The fourth-order valence-corrected chi connectivity index (χ4v) is 3.25.